The van der Waals surface area contributed by atoms with Crippen LogP contribution in [0.1, 0.15) is 33.1 Å². The number of nitrogens with one attached hydrogen (secondary N) is 1. The maximum absolute atomic E-state index is 12.5. The lowest BCUT2D eigenvalue weighted by Crippen LogP contribution is -2.46. The lowest BCUT2D eigenvalue weighted by atomic mass is 10.1. The van der Waals surface area contributed by atoms with E-state index in [2.05, 4.69) is 24.1 Å². The van der Waals surface area contributed by atoms with Gasteiger partial charge in [0.2, 0.25) is 5.91 Å². The van der Waals surface area contributed by atoms with Gasteiger partial charge in [0.25, 0.3) is 0 Å². The summed E-state index contributed by atoms with van der Waals surface area (Å²) in [4.78, 5) is 16.8. The van der Waals surface area contributed by atoms with Crippen LogP contribution in [0.5, 0.6) is 0 Å². The van der Waals surface area contributed by atoms with Gasteiger partial charge in [0.1, 0.15) is 0 Å². The Hall–Kier alpha value is -0.650. The van der Waals surface area contributed by atoms with Gasteiger partial charge in [0, 0.05) is 39.3 Å². The highest BCUT2D eigenvalue weighted by molar-refractivity contribution is 5.78. The molecule has 1 rings (SSSR count). The van der Waals surface area contributed by atoms with Crippen LogP contribution in [0.25, 0.3) is 0 Å². The molecule has 0 spiro atoms. The number of nitrogens with zero attached hydrogens (tertiary/aromatic N) is 2. The summed E-state index contributed by atoms with van der Waals surface area (Å²) in [6.07, 6.45) is 3.21. The molecule has 1 aliphatic rings. The Balaban J connectivity index is 2.54. The molecule has 0 bridgehead atoms. The van der Waals surface area contributed by atoms with E-state index >= 15 is 0 Å². The average Bonchev–Trinajstić information content (AvgIpc) is 2.74. The SMILES string of the molecule is CCC(CC)N(CCOC)CC(=O)N1CCCNCC1. The quantitative estimate of drug-likeness (QED) is 0.721. The van der Waals surface area contributed by atoms with Gasteiger partial charge in [-0.3, -0.25) is 9.69 Å². The largest absolute Gasteiger partial charge is 0.383 e. The van der Waals surface area contributed by atoms with E-state index in [4.69, 9.17) is 4.74 Å². The van der Waals surface area contributed by atoms with Crippen molar-refractivity contribution in [2.45, 2.75) is 39.2 Å². The molecule has 0 saturated carbocycles. The predicted molar refractivity (Wildman–Crippen MR) is 81.9 cm³/mol. The van der Waals surface area contributed by atoms with Crippen LogP contribution >= 0.6 is 0 Å². The third kappa shape index (κ3) is 5.77. The molecule has 20 heavy (non-hydrogen) atoms. The molecule has 0 radical (unpaired) electrons. The number of methoxy groups -OCH3 is 1. The summed E-state index contributed by atoms with van der Waals surface area (Å²) in [6.45, 7) is 10.1. The molecular weight excluding hydrogens is 254 g/mol. The topological polar surface area (TPSA) is 44.8 Å². The van der Waals surface area contributed by atoms with E-state index in [9.17, 15) is 4.79 Å². The van der Waals surface area contributed by atoms with Gasteiger partial charge in [-0.15, -0.1) is 0 Å². The Morgan fingerprint density at radius 3 is 2.70 bits per heavy atom. The van der Waals surface area contributed by atoms with Crippen LogP contribution in [0.2, 0.25) is 0 Å². The summed E-state index contributed by atoms with van der Waals surface area (Å²) >= 11 is 0. The molecule has 0 aromatic heterocycles. The Labute approximate surface area is 123 Å². The van der Waals surface area contributed by atoms with Gasteiger partial charge in [-0.05, 0) is 25.8 Å². The molecule has 0 aromatic carbocycles. The molecule has 1 aliphatic heterocycles. The average molecular weight is 285 g/mol. The first-order chi connectivity index (χ1) is 9.72. The maximum atomic E-state index is 12.5. The molecule has 5 nitrogen and oxygen atoms in total. The van der Waals surface area contributed by atoms with Crippen molar-refractivity contribution in [2.24, 2.45) is 0 Å². The van der Waals surface area contributed by atoms with Crippen LogP contribution in [0, 0.1) is 0 Å². The van der Waals surface area contributed by atoms with Crippen molar-refractivity contribution in [1.29, 1.82) is 0 Å². The van der Waals surface area contributed by atoms with E-state index in [1.165, 1.54) is 0 Å². The monoisotopic (exact) mass is 285 g/mol. The van der Waals surface area contributed by atoms with Crippen molar-refractivity contribution in [1.82, 2.24) is 15.1 Å². The highest BCUT2D eigenvalue weighted by Crippen LogP contribution is 2.09. The lowest BCUT2D eigenvalue weighted by molar-refractivity contribution is -0.133. The van der Waals surface area contributed by atoms with E-state index in [1.54, 1.807) is 7.11 Å². The second kappa shape index (κ2) is 10.1. The normalized spacial score (nSPS) is 16.8. The van der Waals surface area contributed by atoms with E-state index < -0.39 is 0 Å². The van der Waals surface area contributed by atoms with E-state index in [1.807, 2.05) is 4.90 Å². The predicted octanol–water partition coefficient (Wildman–Crippen LogP) is 0.945. The second-order valence-electron chi connectivity index (χ2n) is 5.42. The zero-order chi connectivity index (χ0) is 14.8. The molecule has 1 saturated heterocycles. The van der Waals surface area contributed by atoms with E-state index in [-0.39, 0.29) is 5.91 Å². The zero-order valence-electron chi connectivity index (χ0n) is 13.4. The number of ether oxygens (including phenoxy) is 1. The van der Waals surface area contributed by atoms with Crippen molar-refractivity contribution < 1.29 is 9.53 Å². The molecule has 0 aliphatic carbocycles. The van der Waals surface area contributed by atoms with Gasteiger partial charge in [-0.2, -0.15) is 0 Å². The molecule has 1 fully saturated rings. The summed E-state index contributed by atoms with van der Waals surface area (Å²) in [5.41, 5.74) is 0. The number of carbonyl (C=O) groups excluding carboxylic acids is 1. The first-order valence-electron chi connectivity index (χ1n) is 7.94. The Morgan fingerprint density at radius 1 is 1.30 bits per heavy atom. The van der Waals surface area contributed by atoms with Crippen molar-refractivity contribution in [3.63, 3.8) is 0 Å². The maximum Gasteiger partial charge on any atom is 0.236 e. The van der Waals surface area contributed by atoms with Crippen molar-refractivity contribution in [3.8, 4) is 0 Å². The molecule has 1 N–H and O–H groups in total. The summed E-state index contributed by atoms with van der Waals surface area (Å²) in [5, 5.41) is 3.34. The van der Waals surface area contributed by atoms with Gasteiger partial charge < -0.3 is 15.0 Å². The Bertz CT molecular complexity index is 262. The van der Waals surface area contributed by atoms with Crippen LogP contribution in [0.3, 0.4) is 0 Å². The Kier molecular flexibility index (Phi) is 8.82. The van der Waals surface area contributed by atoms with Crippen LogP contribution < -0.4 is 5.32 Å². The van der Waals surface area contributed by atoms with Crippen molar-refractivity contribution in [2.75, 3.05) is 53.0 Å². The molecule has 0 aromatic rings. The number of amides is 1. The van der Waals surface area contributed by atoms with Gasteiger partial charge in [0.05, 0.1) is 13.2 Å². The summed E-state index contributed by atoms with van der Waals surface area (Å²) in [7, 11) is 1.72. The molecule has 118 valence electrons. The summed E-state index contributed by atoms with van der Waals surface area (Å²) in [6, 6.07) is 0.471. The first kappa shape index (κ1) is 17.4. The van der Waals surface area contributed by atoms with Crippen LogP contribution in [-0.2, 0) is 9.53 Å². The summed E-state index contributed by atoms with van der Waals surface area (Å²) in [5.74, 6) is 0.261. The number of hydrogen-bond acceptors (Lipinski definition) is 4. The van der Waals surface area contributed by atoms with Gasteiger partial charge in [-0.1, -0.05) is 13.8 Å². The minimum Gasteiger partial charge on any atom is -0.383 e. The molecule has 5 heteroatoms. The fourth-order valence-electron chi connectivity index (χ4n) is 2.77. The molecule has 1 amide bonds. The van der Waals surface area contributed by atoms with Crippen LogP contribution in [0.15, 0.2) is 0 Å². The van der Waals surface area contributed by atoms with Gasteiger partial charge >= 0.3 is 0 Å². The Morgan fingerprint density at radius 2 is 2.05 bits per heavy atom. The van der Waals surface area contributed by atoms with Crippen molar-refractivity contribution >= 4 is 5.91 Å². The van der Waals surface area contributed by atoms with Crippen LogP contribution in [-0.4, -0.2) is 74.7 Å². The van der Waals surface area contributed by atoms with Gasteiger partial charge in [0.15, 0.2) is 0 Å². The van der Waals surface area contributed by atoms with E-state index in [0.29, 0.717) is 19.2 Å². The highest BCUT2D eigenvalue weighted by Gasteiger charge is 2.22. The zero-order valence-corrected chi connectivity index (χ0v) is 13.4. The third-order valence-electron chi connectivity index (χ3n) is 4.07. The smallest absolute Gasteiger partial charge is 0.236 e. The molecular formula is C15H31N3O2. The van der Waals surface area contributed by atoms with Crippen molar-refractivity contribution in [3.05, 3.63) is 0 Å². The van der Waals surface area contributed by atoms with Gasteiger partial charge in [-0.25, -0.2) is 0 Å². The minimum absolute atomic E-state index is 0.261. The third-order valence-corrected chi connectivity index (χ3v) is 4.07. The number of hydrogen-bond donors (Lipinski definition) is 1. The van der Waals surface area contributed by atoms with Crippen LogP contribution in [0.4, 0.5) is 0 Å². The fourth-order valence-corrected chi connectivity index (χ4v) is 2.77. The highest BCUT2D eigenvalue weighted by atomic mass is 16.5. The fraction of sp³-hybridized carbons (Fsp3) is 0.933. The lowest BCUT2D eigenvalue weighted by Gasteiger charge is -2.31. The van der Waals surface area contributed by atoms with E-state index in [0.717, 1.165) is 52.0 Å². The second-order valence-corrected chi connectivity index (χ2v) is 5.42. The number of rotatable bonds is 8. The molecule has 0 unspecified atom stereocenters. The standard InChI is InChI=1S/C15H31N3O2/c1-4-14(5-2)18(11-12-20-3)13-15(19)17-9-6-7-16-8-10-17/h14,16H,4-13H2,1-3H3. The number of carbonyl (C=O) groups is 1. The summed E-state index contributed by atoms with van der Waals surface area (Å²) < 4.78 is 5.18. The molecule has 0 atom stereocenters. The minimum atomic E-state index is 0.261. The first-order valence-corrected chi connectivity index (χ1v) is 7.94. The molecule has 1 heterocycles.